The number of anilines is 2. The normalized spacial score (nSPS) is 16.3. The van der Waals surface area contributed by atoms with Crippen LogP contribution in [0.25, 0.3) is 0 Å². The van der Waals surface area contributed by atoms with Gasteiger partial charge < -0.3 is 10.5 Å². The molecule has 1 atom stereocenters. The van der Waals surface area contributed by atoms with Gasteiger partial charge in [-0.15, -0.1) is 0 Å². The fourth-order valence-electron chi connectivity index (χ4n) is 2.98. The lowest BCUT2D eigenvalue weighted by molar-refractivity contribution is -0.126. The highest BCUT2D eigenvalue weighted by atomic mass is 16.5. The predicted octanol–water partition coefficient (Wildman–Crippen LogP) is 2.75. The smallest absolute Gasteiger partial charge is 0.269 e. The summed E-state index contributed by atoms with van der Waals surface area (Å²) in [5, 5.41) is 9.06. The lowest BCUT2D eigenvalue weighted by Crippen LogP contribution is -2.47. The Bertz CT molecular complexity index is 839. The molecular weight excluding hydrogens is 302 g/mol. The highest BCUT2D eigenvalue weighted by Crippen LogP contribution is 2.36. The van der Waals surface area contributed by atoms with E-state index in [4.69, 9.17) is 15.7 Å². The molecule has 2 aromatic carbocycles. The van der Waals surface area contributed by atoms with Crippen LogP contribution in [0.4, 0.5) is 11.4 Å². The molecule has 122 valence electrons. The molecular formula is C19H19N3O2. The quantitative estimate of drug-likeness (QED) is 0.696. The SMILES string of the molecule is Cc1ccc(CC2Oc3cc(N)ccc3N(CC#N)C2=O)c(C)c1. The van der Waals surface area contributed by atoms with Gasteiger partial charge in [-0.3, -0.25) is 9.69 Å². The second-order valence-corrected chi connectivity index (χ2v) is 6.05. The van der Waals surface area contributed by atoms with Crippen molar-refractivity contribution in [2.45, 2.75) is 26.4 Å². The summed E-state index contributed by atoms with van der Waals surface area (Å²) in [6, 6.07) is 13.3. The zero-order valence-corrected chi connectivity index (χ0v) is 13.7. The van der Waals surface area contributed by atoms with Crippen LogP contribution in [0.3, 0.4) is 0 Å². The van der Waals surface area contributed by atoms with Crippen LogP contribution in [-0.2, 0) is 11.2 Å². The standard InChI is InChI=1S/C19H19N3O2/c1-12-3-4-14(13(2)9-12)10-18-19(23)22(8-7-20)16-6-5-15(21)11-17(16)24-18/h3-6,9,11,18H,8,10,21H2,1-2H3. The molecule has 1 amide bonds. The lowest BCUT2D eigenvalue weighted by Gasteiger charge is -2.33. The predicted molar refractivity (Wildman–Crippen MR) is 92.9 cm³/mol. The van der Waals surface area contributed by atoms with Crippen LogP contribution < -0.4 is 15.4 Å². The van der Waals surface area contributed by atoms with Crippen molar-refractivity contribution in [1.82, 2.24) is 0 Å². The Hall–Kier alpha value is -3.00. The maximum absolute atomic E-state index is 12.8. The van der Waals surface area contributed by atoms with Crippen LogP contribution >= 0.6 is 0 Å². The molecule has 1 unspecified atom stereocenters. The Morgan fingerprint density at radius 3 is 2.75 bits per heavy atom. The number of rotatable bonds is 3. The molecule has 0 aromatic heterocycles. The Morgan fingerprint density at radius 1 is 1.25 bits per heavy atom. The van der Waals surface area contributed by atoms with Gasteiger partial charge in [0, 0.05) is 18.2 Å². The molecule has 0 saturated heterocycles. The number of benzene rings is 2. The molecule has 0 radical (unpaired) electrons. The first-order valence-electron chi connectivity index (χ1n) is 7.80. The van der Waals surface area contributed by atoms with E-state index < -0.39 is 6.10 Å². The summed E-state index contributed by atoms with van der Waals surface area (Å²) in [6.07, 6.45) is -0.199. The highest BCUT2D eigenvalue weighted by Gasteiger charge is 2.34. The first-order valence-corrected chi connectivity index (χ1v) is 7.80. The Kier molecular flexibility index (Phi) is 4.13. The van der Waals surface area contributed by atoms with Gasteiger partial charge in [-0.1, -0.05) is 23.8 Å². The maximum Gasteiger partial charge on any atom is 0.269 e. The topological polar surface area (TPSA) is 79.3 Å². The average Bonchev–Trinajstić information content (AvgIpc) is 2.53. The van der Waals surface area contributed by atoms with Gasteiger partial charge in [0.1, 0.15) is 12.3 Å². The van der Waals surface area contributed by atoms with E-state index in [2.05, 4.69) is 6.07 Å². The van der Waals surface area contributed by atoms with Gasteiger partial charge >= 0.3 is 0 Å². The summed E-state index contributed by atoms with van der Waals surface area (Å²) in [6.45, 7) is 4.05. The van der Waals surface area contributed by atoms with E-state index in [0.29, 0.717) is 23.5 Å². The van der Waals surface area contributed by atoms with Crippen molar-refractivity contribution in [3.63, 3.8) is 0 Å². The van der Waals surface area contributed by atoms with Crippen molar-refractivity contribution in [3.8, 4) is 11.8 Å². The van der Waals surface area contributed by atoms with Gasteiger partial charge in [-0.25, -0.2) is 0 Å². The fraction of sp³-hybridized carbons (Fsp3) is 0.263. The van der Waals surface area contributed by atoms with Crippen molar-refractivity contribution in [1.29, 1.82) is 5.26 Å². The second kappa shape index (κ2) is 6.25. The van der Waals surface area contributed by atoms with Gasteiger partial charge in [0.15, 0.2) is 6.10 Å². The molecule has 2 aromatic rings. The van der Waals surface area contributed by atoms with E-state index in [-0.39, 0.29) is 12.5 Å². The van der Waals surface area contributed by atoms with Crippen LogP contribution in [0.2, 0.25) is 0 Å². The van der Waals surface area contributed by atoms with Crippen molar-refractivity contribution < 1.29 is 9.53 Å². The number of nitriles is 1. The molecule has 0 bridgehead atoms. The minimum absolute atomic E-state index is 0.0114. The van der Waals surface area contributed by atoms with Crippen LogP contribution in [-0.4, -0.2) is 18.6 Å². The van der Waals surface area contributed by atoms with Gasteiger partial charge in [-0.2, -0.15) is 5.26 Å². The molecule has 1 heterocycles. The number of carbonyl (C=O) groups is 1. The van der Waals surface area contributed by atoms with Crippen molar-refractivity contribution in [2.75, 3.05) is 17.2 Å². The number of nitrogen functional groups attached to an aromatic ring is 1. The number of amides is 1. The summed E-state index contributed by atoms with van der Waals surface area (Å²) in [5.74, 6) is 0.341. The molecule has 0 aliphatic carbocycles. The fourth-order valence-corrected chi connectivity index (χ4v) is 2.98. The summed E-state index contributed by atoms with van der Waals surface area (Å²) in [4.78, 5) is 14.2. The molecule has 24 heavy (non-hydrogen) atoms. The van der Waals surface area contributed by atoms with Crippen molar-refractivity contribution in [2.24, 2.45) is 0 Å². The number of nitrogens with two attached hydrogens (primary N) is 1. The number of nitrogens with zero attached hydrogens (tertiary/aromatic N) is 2. The molecule has 5 nitrogen and oxygen atoms in total. The minimum Gasteiger partial charge on any atom is -0.478 e. The lowest BCUT2D eigenvalue weighted by atomic mass is 9.99. The van der Waals surface area contributed by atoms with Gasteiger partial charge in [-0.05, 0) is 37.1 Å². The van der Waals surface area contributed by atoms with Crippen LogP contribution in [0, 0.1) is 25.2 Å². The second-order valence-electron chi connectivity index (χ2n) is 6.05. The molecule has 3 rings (SSSR count). The molecule has 2 N–H and O–H groups in total. The van der Waals surface area contributed by atoms with Crippen LogP contribution in [0.5, 0.6) is 5.75 Å². The third kappa shape index (κ3) is 2.91. The van der Waals surface area contributed by atoms with E-state index in [1.807, 2.05) is 32.0 Å². The van der Waals surface area contributed by atoms with Gasteiger partial charge in [0.25, 0.3) is 5.91 Å². The summed E-state index contributed by atoms with van der Waals surface area (Å²) in [5.41, 5.74) is 10.3. The van der Waals surface area contributed by atoms with Gasteiger partial charge in [0.2, 0.25) is 0 Å². The summed E-state index contributed by atoms with van der Waals surface area (Å²) >= 11 is 0. The van der Waals surface area contributed by atoms with E-state index in [9.17, 15) is 4.79 Å². The molecule has 0 fully saturated rings. The van der Waals surface area contributed by atoms with E-state index in [0.717, 1.165) is 11.1 Å². The monoisotopic (exact) mass is 321 g/mol. The van der Waals surface area contributed by atoms with Crippen molar-refractivity contribution >= 4 is 17.3 Å². The number of ether oxygens (including phenoxy) is 1. The average molecular weight is 321 g/mol. The summed E-state index contributed by atoms with van der Waals surface area (Å²) in [7, 11) is 0. The molecule has 0 saturated carbocycles. The first kappa shape index (κ1) is 15.9. The number of hydrogen-bond donors (Lipinski definition) is 1. The Balaban J connectivity index is 1.95. The summed E-state index contributed by atoms with van der Waals surface area (Å²) < 4.78 is 5.91. The molecule has 1 aliphatic heterocycles. The van der Waals surface area contributed by atoms with Gasteiger partial charge in [0.05, 0.1) is 11.8 Å². The maximum atomic E-state index is 12.8. The number of aryl methyl sites for hydroxylation is 2. The Morgan fingerprint density at radius 2 is 2.04 bits per heavy atom. The third-order valence-electron chi connectivity index (χ3n) is 4.22. The minimum atomic E-state index is -0.658. The highest BCUT2D eigenvalue weighted by molar-refractivity contribution is 6.00. The number of fused-ring (bicyclic) bond motifs is 1. The third-order valence-corrected chi connectivity index (χ3v) is 4.22. The van der Waals surface area contributed by atoms with E-state index >= 15 is 0 Å². The molecule has 1 aliphatic rings. The van der Waals surface area contributed by atoms with E-state index in [1.165, 1.54) is 10.5 Å². The number of carbonyl (C=O) groups excluding carboxylic acids is 1. The molecule has 5 heteroatoms. The molecule has 0 spiro atoms. The van der Waals surface area contributed by atoms with Crippen LogP contribution in [0.15, 0.2) is 36.4 Å². The van der Waals surface area contributed by atoms with Crippen LogP contribution in [0.1, 0.15) is 16.7 Å². The largest absolute Gasteiger partial charge is 0.478 e. The number of hydrogen-bond acceptors (Lipinski definition) is 4. The zero-order valence-electron chi connectivity index (χ0n) is 13.7. The Labute approximate surface area is 141 Å². The van der Waals surface area contributed by atoms with E-state index in [1.54, 1.807) is 18.2 Å². The van der Waals surface area contributed by atoms with Crippen molar-refractivity contribution in [3.05, 3.63) is 53.1 Å². The first-order chi connectivity index (χ1) is 11.5. The zero-order chi connectivity index (χ0) is 17.3.